The van der Waals surface area contributed by atoms with Crippen LogP contribution in [0.15, 0.2) is 29.3 Å². The first-order valence-electron chi connectivity index (χ1n) is 4.40. The van der Waals surface area contributed by atoms with E-state index >= 15 is 0 Å². The van der Waals surface area contributed by atoms with E-state index < -0.39 is 9.05 Å². The minimum absolute atomic E-state index is 0.180. The van der Waals surface area contributed by atoms with E-state index in [0.717, 1.165) is 11.1 Å². The van der Waals surface area contributed by atoms with Gasteiger partial charge < -0.3 is 4.57 Å². The van der Waals surface area contributed by atoms with Gasteiger partial charge >= 0.3 is 0 Å². The highest BCUT2D eigenvalue weighted by Gasteiger charge is 2.17. The van der Waals surface area contributed by atoms with Crippen molar-refractivity contribution in [2.24, 2.45) is 7.05 Å². The van der Waals surface area contributed by atoms with Crippen LogP contribution in [0.5, 0.6) is 0 Å². The molecule has 1 aromatic carbocycles. The molecule has 0 N–H and O–H groups in total. The molecule has 0 aliphatic rings. The topological polar surface area (TPSA) is 39.1 Å². The van der Waals surface area contributed by atoms with Gasteiger partial charge in [0.1, 0.15) is 0 Å². The van der Waals surface area contributed by atoms with Crippen molar-refractivity contribution in [3.05, 3.63) is 30.0 Å². The van der Waals surface area contributed by atoms with Gasteiger partial charge in [-0.2, -0.15) is 0 Å². The zero-order chi connectivity index (χ0) is 11.2. The van der Waals surface area contributed by atoms with E-state index in [1.54, 1.807) is 6.07 Å². The maximum atomic E-state index is 11.4. The highest BCUT2D eigenvalue weighted by molar-refractivity contribution is 8.14. The minimum atomic E-state index is -3.68. The molecule has 0 atom stereocenters. The summed E-state index contributed by atoms with van der Waals surface area (Å²) in [5, 5.41) is 0.704. The Hall–Kier alpha value is -1.00. The molecule has 2 aromatic rings. The lowest BCUT2D eigenvalue weighted by atomic mass is 10.2. The van der Waals surface area contributed by atoms with Crippen LogP contribution in [-0.4, -0.2) is 13.0 Å². The van der Waals surface area contributed by atoms with Crippen LogP contribution < -0.4 is 0 Å². The van der Waals surface area contributed by atoms with Crippen LogP contribution in [0, 0.1) is 6.92 Å². The predicted octanol–water partition coefficient (Wildman–Crippen LogP) is 2.41. The summed E-state index contributed by atoms with van der Waals surface area (Å²) >= 11 is 0. The van der Waals surface area contributed by atoms with Gasteiger partial charge in [-0.05, 0) is 24.6 Å². The molecule has 5 heteroatoms. The van der Waals surface area contributed by atoms with Crippen molar-refractivity contribution in [2.75, 3.05) is 0 Å². The standard InChI is InChI=1S/C10H10ClNO2S/c1-7-6-12(2)8-4-3-5-9(10(7)8)15(11,13)14/h3-6H,1-2H3. The molecule has 0 spiro atoms. The smallest absolute Gasteiger partial charge is 0.261 e. The molecule has 0 fully saturated rings. The molecule has 0 aliphatic heterocycles. The Morgan fingerprint density at radius 1 is 1.33 bits per heavy atom. The van der Waals surface area contributed by atoms with Gasteiger partial charge in [0, 0.05) is 34.8 Å². The summed E-state index contributed by atoms with van der Waals surface area (Å²) < 4.78 is 24.6. The van der Waals surface area contributed by atoms with Crippen LogP contribution in [0.3, 0.4) is 0 Å². The fourth-order valence-corrected chi connectivity index (χ4v) is 2.97. The third-order valence-electron chi connectivity index (χ3n) is 2.43. The number of halogens is 1. The van der Waals surface area contributed by atoms with E-state index in [2.05, 4.69) is 0 Å². The van der Waals surface area contributed by atoms with E-state index in [1.165, 1.54) is 6.07 Å². The van der Waals surface area contributed by atoms with Gasteiger partial charge in [-0.3, -0.25) is 0 Å². The molecule has 1 heterocycles. The van der Waals surface area contributed by atoms with E-state index in [-0.39, 0.29) is 4.90 Å². The highest BCUT2D eigenvalue weighted by atomic mass is 35.7. The SMILES string of the molecule is Cc1cn(C)c2cccc(S(=O)(=O)Cl)c12. The number of benzene rings is 1. The van der Waals surface area contributed by atoms with Gasteiger partial charge in [0.2, 0.25) is 0 Å². The Labute approximate surface area is 92.7 Å². The maximum absolute atomic E-state index is 11.4. The number of hydrogen-bond donors (Lipinski definition) is 0. The van der Waals surface area contributed by atoms with E-state index in [0.29, 0.717) is 5.39 Å². The number of aromatic nitrogens is 1. The molecular formula is C10H10ClNO2S. The van der Waals surface area contributed by atoms with E-state index in [9.17, 15) is 8.42 Å². The summed E-state index contributed by atoms with van der Waals surface area (Å²) in [6.07, 6.45) is 1.89. The highest BCUT2D eigenvalue weighted by Crippen LogP contribution is 2.29. The Balaban J connectivity index is 3.00. The fourth-order valence-electron chi connectivity index (χ4n) is 1.84. The molecule has 0 saturated heterocycles. The quantitative estimate of drug-likeness (QED) is 0.722. The third kappa shape index (κ3) is 1.64. The van der Waals surface area contributed by atoms with Gasteiger partial charge in [-0.15, -0.1) is 0 Å². The number of fused-ring (bicyclic) bond motifs is 1. The second-order valence-corrected chi connectivity index (χ2v) is 6.05. The van der Waals surface area contributed by atoms with Crippen molar-refractivity contribution < 1.29 is 8.42 Å². The van der Waals surface area contributed by atoms with Crippen LogP contribution in [0.4, 0.5) is 0 Å². The summed E-state index contributed by atoms with van der Waals surface area (Å²) in [7, 11) is 3.58. The summed E-state index contributed by atoms with van der Waals surface area (Å²) in [6.45, 7) is 1.87. The molecule has 0 bridgehead atoms. The fraction of sp³-hybridized carbons (Fsp3) is 0.200. The molecule has 0 unspecified atom stereocenters. The molecule has 1 aromatic heterocycles. The molecule has 0 radical (unpaired) electrons. The van der Waals surface area contributed by atoms with Gasteiger partial charge in [0.15, 0.2) is 0 Å². The normalized spacial score (nSPS) is 12.2. The molecule has 2 rings (SSSR count). The second kappa shape index (κ2) is 3.25. The van der Waals surface area contributed by atoms with Crippen LogP contribution >= 0.6 is 10.7 Å². The molecule has 80 valence electrons. The van der Waals surface area contributed by atoms with Gasteiger partial charge in [0.25, 0.3) is 9.05 Å². The van der Waals surface area contributed by atoms with Crippen LogP contribution in [0.25, 0.3) is 10.9 Å². The Bertz CT molecular complexity index is 628. The molecule has 3 nitrogen and oxygen atoms in total. The van der Waals surface area contributed by atoms with Crippen molar-refractivity contribution in [1.82, 2.24) is 4.57 Å². The minimum Gasteiger partial charge on any atom is -0.350 e. The monoisotopic (exact) mass is 243 g/mol. The molecule has 0 saturated carbocycles. The van der Waals surface area contributed by atoms with E-state index in [4.69, 9.17) is 10.7 Å². The summed E-state index contributed by atoms with van der Waals surface area (Å²) in [5.74, 6) is 0. The number of hydrogen-bond acceptors (Lipinski definition) is 2. The maximum Gasteiger partial charge on any atom is 0.261 e. The molecule has 15 heavy (non-hydrogen) atoms. The van der Waals surface area contributed by atoms with Crippen molar-refractivity contribution in [2.45, 2.75) is 11.8 Å². The molecule has 0 amide bonds. The van der Waals surface area contributed by atoms with Crippen molar-refractivity contribution in [3.63, 3.8) is 0 Å². The lowest BCUT2D eigenvalue weighted by Crippen LogP contribution is -1.92. The number of rotatable bonds is 1. The van der Waals surface area contributed by atoms with Gasteiger partial charge in [0.05, 0.1) is 4.90 Å². The Kier molecular flexibility index (Phi) is 2.28. The van der Waals surface area contributed by atoms with Crippen LogP contribution in [-0.2, 0) is 16.1 Å². The first kappa shape index (κ1) is 10.5. The zero-order valence-corrected chi connectivity index (χ0v) is 9.93. The summed E-state index contributed by atoms with van der Waals surface area (Å²) in [6, 6.07) is 5.09. The van der Waals surface area contributed by atoms with Crippen LogP contribution in [0.1, 0.15) is 5.56 Å². The molecular weight excluding hydrogens is 234 g/mol. The number of nitrogens with zero attached hydrogens (tertiary/aromatic N) is 1. The largest absolute Gasteiger partial charge is 0.350 e. The zero-order valence-electron chi connectivity index (χ0n) is 8.36. The third-order valence-corrected chi connectivity index (χ3v) is 3.79. The Morgan fingerprint density at radius 3 is 2.60 bits per heavy atom. The van der Waals surface area contributed by atoms with E-state index in [1.807, 2.05) is 30.8 Å². The van der Waals surface area contributed by atoms with Gasteiger partial charge in [-0.1, -0.05) is 6.07 Å². The van der Waals surface area contributed by atoms with Crippen molar-refractivity contribution >= 4 is 30.6 Å². The molecule has 0 aliphatic carbocycles. The summed E-state index contributed by atoms with van der Waals surface area (Å²) in [5.41, 5.74) is 1.78. The second-order valence-electron chi connectivity index (χ2n) is 3.51. The lowest BCUT2D eigenvalue weighted by molar-refractivity contribution is 0.610. The Morgan fingerprint density at radius 2 is 2.00 bits per heavy atom. The lowest BCUT2D eigenvalue weighted by Gasteiger charge is -2.00. The predicted molar refractivity (Wildman–Crippen MR) is 60.7 cm³/mol. The first-order chi connectivity index (χ1) is 6.91. The number of aryl methyl sites for hydroxylation is 2. The first-order valence-corrected chi connectivity index (χ1v) is 6.71. The van der Waals surface area contributed by atoms with Crippen LogP contribution in [0.2, 0.25) is 0 Å². The van der Waals surface area contributed by atoms with Crippen molar-refractivity contribution in [1.29, 1.82) is 0 Å². The summed E-state index contributed by atoms with van der Waals surface area (Å²) in [4.78, 5) is 0.180. The average molecular weight is 244 g/mol. The average Bonchev–Trinajstić information content (AvgIpc) is 2.41. The van der Waals surface area contributed by atoms with Crippen molar-refractivity contribution in [3.8, 4) is 0 Å². The van der Waals surface area contributed by atoms with Gasteiger partial charge in [-0.25, -0.2) is 8.42 Å².